The summed E-state index contributed by atoms with van der Waals surface area (Å²) in [5.41, 5.74) is 9.36. The number of alkyl carbamates (subject to hydrolysis) is 1. The van der Waals surface area contributed by atoms with Gasteiger partial charge in [0.1, 0.15) is 5.60 Å². The maximum absolute atomic E-state index is 13.3. The zero-order valence-corrected chi connectivity index (χ0v) is 23.6. The first kappa shape index (κ1) is 28.1. The van der Waals surface area contributed by atoms with Gasteiger partial charge in [-0.1, -0.05) is 12.1 Å². The van der Waals surface area contributed by atoms with Gasteiger partial charge in [0.25, 0.3) is 5.91 Å². The lowest BCUT2D eigenvalue weighted by Crippen LogP contribution is -2.40. The molecule has 41 heavy (non-hydrogen) atoms. The molecule has 3 aromatic rings. The first-order valence-corrected chi connectivity index (χ1v) is 13.7. The van der Waals surface area contributed by atoms with E-state index < -0.39 is 17.6 Å². The van der Waals surface area contributed by atoms with E-state index in [-0.39, 0.29) is 17.6 Å². The number of benzene rings is 1. The highest BCUT2D eigenvalue weighted by Gasteiger charge is 2.26. The van der Waals surface area contributed by atoms with Crippen LogP contribution in [0.3, 0.4) is 0 Å². The van der Waals surface area contributed by atoms with Gasteiger partial charge in [-0.25, -0.2) is 14.8 Å². The van der Waals surface area contributed by atoms with E-state index in [9.17, 15) is 9.59 Å². The Morgan fingerprint density at radius 3 is 2.54 bits per heavy atom. The maximum Gasteiger partial charge on any atom is 0.407 e. The van der Waals surface area contributed by atoms with Crippen LogP contribution in [0.2, 0.25) is 0 Å². The van der Waals surface area contributed by atoms with E-state index in [0.29, 0.717) is 31.1 Å². The van der Waals surface area contributed by atoms with E-state index in [2.05, 4.69) is 35.4 Å². The Balaban J connectivity index is 1.25. The van der Waals surface area contributed by atoms with Crippen molar-refractivity contribution in [3.63, 3.8) is 0 Å². The maximum atomic E-state index is 13.3. The molecule has 12 nitrogen and oxygen atoms in total. The Morgan fingerprint density at radius 2 is 1.80 bits per heavy atom. The number of carbonyl (C=O) groups is 2. The molecule has 0 bridgehead atoms. The highest BCUT2D eigenvalue weighted by atomic mass is 16.6. The van der Waals surface area contributed by atoms with Crippen LogP contribution in [-0.4, -0.2) is 78.0 Å². The van der Waals surface area contributed by atoms with Gasteiger partial charge in [-0.3, -0.25) is 9.78 Å². The van der Waals surface area contributed by atoms with Crippen LogP contribution >= 0.6 is 0 Å². The lowest BCUT2D eigenvalue weighted by atomic mass is 10.1. The van der Waals surface area contributed by atoms with E-state index in [1.807, 2.05) is 51.1 Å². The van der Waals surface area contributed by atoms with Crippen LogP contribution in [0.1, 0.15) is 37.7 Å². The number of nitrogens with two attached hydrogens (primary N) is 1. The molecular formula is C29H36N8O4. The van der Waals surface area contributed by atoms with Crippen LogP contribution in [0.25, 0.3) is 11.3 Å². The fourth-order valence-corrected chi connectivity index (χ4v) is 4.88. The van der Waals surface area contributed by atoms with E-state index >= 15 is 0 Å². The number of nitrogens with zero attached hydrogens (tertiary/aromatic N) is 5. The Bertz CT molecular complexity index is 1390. The van der Waals surface area contributed by atoms with Crippen LogP contribution in [0.15, 0.2) is 48.9 Å². The predicted molar refractivity (Wildman–Crippen MR) is 157 cm³/mol. The fraction of sp³-hybridized carbons (Fsp3) is 0.414. The summed E-state index contributed by atoms with van der Waals surface area (Å²) in [7, 11) is 0. The first-order valence-electron chi connectivity index (χ1n) is 13.7. The molecule has 0 unspecified atom stereocenters. The fourth-order valence-electron chi connectivity index (χ4n) is 4.88. The SMILES string of the molecule is CC(C)(C)OC(=O)N[C@@H]1CCN(c2ccc(-c3cnc(N)c(C(=O)Nc4cnccc4N4CCOCC4)n3)cc2)C1. The molecule has 1 atom stereocenters. The summed E-state index contributed by atoms with van der Waals surface area (Å²) < 4.78 is 10.8. The van der Waals surface area contributed by atoms with Crippen molar-refractivity contribution in [2.45, 2.75) is 38.8 Å². The van der Waals surface area contributed by atoms with Gasteiger partial charge in [-0.15, -0.1) is 0 Å². The number of aromatic nitrogens is 3. The van der Waals surface area contributed by atoms with Crippen molar-refractivity contribution in [1.82, 2.24) is 20.3 Å². The number of amides is 2. The Morgan fingerprint density at radius 1 is 1.05 bits per heavy atom. The number of nitrogen functional groups attached to an aromatic ring is 1. The van der Waals surface area contributed by atoms with Crippen molar-refractivity contribution < 1.29 is 19.1 Å². The monoisotopic (exact) mass is 560 g/mol. The van der Waals surface area contributed by atoms with Gasteiger partial charge in [0.2, 0.25) is 0 Å². The number of hydrogen-bond donors (Lipinski definition) is 3. The predicted octanol–water partition coefficient (Wildman–Crippen LogP) is 3.31. The minimum Gasteiger partial charge on any atom is -0.444 e. The second kappa shape index (κ2) is 12.0. The van der Waals surface area contributed by atoms with Crippen LogP contribution in [0.4, 0.5) is 27.7 Å². The van der Waals surface area contributed by atoms with Gasteiger partial charge in [0.05, 0.1) is 48.7 Å². The molecule has 0 aliphatic carbocycles. The highest BCUT2D eigenvalue weighted by Crippen LogP contribution is 2.28. The summed E-state index contributed by atoms with van der Waals surface area (Å²) in [6, 6.07) is 9.73. The third-order valence-corrected chi connectivity index (χ3v) is 6.85. The largest absolute Gasteiger partial charge is 0.444 e. The van der Waals surface area contributed by atoms with Gasteiger partial charge >= 0.3 is 6.09 Å². The smallest absolute Gasteiger partial charge is 0.407 e. The zero-order chi connectivity index (χ0) is 29.0. The average molecular weight is 561 g/mol. The Labute approximate surface area is 239 Å². The molecule has 0 radical (unpaired) electrons. The Kier molecular flexibility index (Phi) is 8.20. The molecule has 2 amide bonds. The topological polar surface area (TPSA) is 148 Å². The lowest BCUT2D eigenvalue weighted by Gasteiger charge is -2.30. The van der Waals surface area contributed by atoms with Gasteiger partial charge in [0, 0.05) is 43.6 Å². The van der Waals surface area contributed by atoms with Crippen LogP contribution in [0.5, 0.6) is 0 Å². The quantitative estimate of drug-likeness (QED) is 0.410. The molecule has 2 aliphatic heterocycles. The summed E-state index contributed by atoms with van der Waals surface area (Å²) in [5.74, 6) is -0.420. The number of pyridine rings is 1. The molecule has 4 heterocycles. The molecule has 2 fully saturated rings. The third-order valence-electron chi connectivity index (χ3n) is 6.85. The second-order valence-electron chi connectivity index (χ2n) is 11.1. The zero-order valence-electron chi connectivity index (χ0n) is 23.6. The molecule has 5 rings (SSSR count). The third kappa shape index (κ3) is 7.01. The Hall–Kier alpha value is -4.45. The molecule has 2 aliphatic rings. The summed E-state index contributed by atoms with van der Waals surface area (Å²) in [4.78, 5) is 42.7. The number of morpholine rings is 1. The highest BCUT2D eigenvalue weighted by molar-refractivity contribution is 6.07. The van der Waals surface area contributed by atoms with Gasteiger partial charge < -0.3 is 35.6 Å². The van der Waals surface area contributed by atoms with Gasteiger partial charge in [-0.2, -0.15) is 0 Å². The van der Waals surface area contributed by atoms with Crippen LogP contribution in [0, 0.1) is 0 Å². The van der Waals surface area contributed by atoms with E-state index in [1.54, 1.807) is 18.6 Å². The van der Waals surface area contributed by atoms with Gasteiger partial charge in [0.15, 0.2) is 11.5 Å². The number of nitrogens with one attached hydrogen (secondary N) is 2. The van der Waals surface area contributed by atoms with Crippen LogP contribution in [-0.2, 0) is 9.47 Å². The van der Waals surface area contributed by atoms with E-state index in [4.69, 9.17) is 15.2 Å². The van der Waals surface area contributed by atoms with Crippen molar-refractivity contribution in [3.05, 3.63) is 54.6 Å². The summed E-state index contributed by atoms with van der Waals surface area (Å²) in [6.45, 7) is 9.72. The van der Waals surface area contributed by atoms with E-state index in [0.717, 1.165) is 43.0 Å². The molecule has 0 spiro atoms. The number of rotatable bonds is 6. The standard InChI is InChI=1S/C29H36N8O4/c1-29(2,3)41-28(39)33-20-9-11-37(18-20)21-6-4-19(5-7-21)22-17-32-26(30)25(34-22)27(38)35-23-16-31-10-8-24(23)36-12-14-40-15-13-36/h4-8,10,16-17,20H,9,11-15,18H2,1-3H3,(H2,30,32)(H,33,39)(H,35,38)/t20-/m1/s1. The number of anilines is 4. The molecule has 4 N–H and O–H groups in total. The normalized spacial score (nSPS) is 17.3. The summed E-state index contributed by atoms with van der Waals surface area (Å²) in [6.07, 6.45) is 5.29. The van der Waals surface area contributed by atoms with Crippen molar-refractivity contribution in [1.29, 1.82) is 0 Å². The molecule has 0 saturated carbocycles. The lowest BCUT2D eigenvalue weighted by molar-refractivity contribution is 0.0509. The number of ether oxygens (including phenoxy) is 2. The summed E-state index contributed by atoms with van der Waals surface area (Å²) in [5, 5.41) is 5.86. The van der Waals surface area contributed by atoms with Crippen molar-refractivity contribution in [2.75, 3.05) is 60.2 Å². The number of carbonyl (C=O) groups excluding carboxylic acids is 2. The average Bonchev–Trinajstić information content (AvgIpc) is 3.41. The van der Waals surface area contributed by atoms with Gasteiger partial charge in [-0.05, 0) is 45.4 Å². The molecular weight excluding hydrogens is 524 g/mol. The minimum atomic E-state index is -0.533. The molecule has 1 aromatic carbocycles. The minimum absolute atomic E-state index is 0.0112. The van der Waals surface area contributed by atoms with E-state index in [1.165, 1.54) is 0 Å². The van der Waals surface area contributed by atoms with Crippen molar-refractivity contribution in [3.8, 4) is 11.3 Å². The molecule has 2 aromatic heterocycles. The second-order valence-corrected chi connectivity index (χ2v) is 11.1. The molecule has 12 heteroatoms. The molecule has 216 valence electrons. The van der Waals surface area contributed by atoms with Crippen molar-refractivity contribution in [2.24, 2.45) is 0 Å². The molecule has 2 saturated heterocycles. The number of hydrogen-bond acceptors (Lipinski definition) is 10. The van der Waals surface area contributed by atoms with Crippen LogP contribution < -0.4 is 26.2 Å². The van der Waals surface area contributed by atoms with Crippen molar-refractivity contribution >= 4 is 34.9 Å². The first-order chi connectivity index (χ1) is 19.7. The summed E-state index contributed by atoms with van der Waals surface area (Å²) >= 11 is 0.